The zero-order chi connectivity index (χ0) is 14.8. The number of thiazole rings is 1. The molecule has 0 aromatic carbocycles. The molecule has 1 aliphatic rings. The molecule has 2 heterocycles. The lowest BCUT2D eigenvalue weighted by Crippen LogP contribution is -2.42. The number of hydrogen-bond acceptors (Lipinski definition) is 5. The first-order valence-electron chi connectivity index (χ1n) is 6.94. The number of aromatic nitrogens is 1. The second-order valence-corrected chi connectivity index (χ2v) is 8.02. The van der Waals surface area contributed by atoms with Crippen LogP contribution in [0.2, 0.25) is 0 Å². The van der Waals surface area contributed by atoms with E-state index >= 15 is 0 Å². The zero-order valence-electron chi connectivity index (χ0n) is 12.2. The third kappa shape index (κ3) is 3.96. The Balaban J connectivity index is 1.96. The maximum atomic E-state index is 12.2. The smallest absolute Gasteiger partial charge is 0.263 e. The van der Waals surface area contributed by atoms with Gasteiger partial charge in [-0.05, 0) is 25.0 Å². The van der Waals surface area contributed by atoms with Crippen molar-refractivity contribution in [1.82, 2.24) is 10.3 Å². The Morgan fingerprint density at radius 2 is 2.30 bits per heavy atom. The molecule has 0 bridgehead atoms. The predicted molar refractivity (Wildman–Crippen MR) is 84.6 cm³/mol. The Morgan fingerprint density at radius 1 is 1.55 bits per heavy atom. The van der Waals surface area contributed by atoms with Gasteiger partial charge in [0.1, 0.15) is 4.88 Å². The second-order valence-electron chi connectivity index (χ2n) is 5.83. The summed E-state index contributed by atoms with van der Waals surface area (Å²) in [4.78, 5) is 17.3. The van der Waals surface area contributed by atoms with Crippen LogP contribution in [0.25, 0.3) is 0 Å². The number of carbonyl (C=O) groups is 1. The fraction of sp³-hybridized carbons (Fsp3) is 0.714. The third-order valence-electron chi connectivity index (χ3n) is 3.29. The van der Waals surface area contributed by atoms with E-state index in [0.717, 1.165) is 29.3 Å². The van der Waals surface area contributed by atoms with E-state index in [1.165, 1.54) is 11.3 Å². The van der Waals surface area contributed by atoms with Gasteiger partial charge in [0.2, 0.25) is 0 Å². The summed E-state index contributed by atoms with van der Waals surface area (Å²) in [5, 5.41) is 14.1. The number of aliphatic hydroxyl groups is 1. The van der Waals surface area contributed by atoms with Crippen molar-refractivity contribution in [2.75, 3.05) is 18.1 Å². The van der Waals surface area contributed by atoms with Crippen LogP contribution < -0.4 is 5.32 Å². The maximum Gasteiger partial charge on any atom is 0.263 e. The summed E-state index contributed by atoms with van der Waals surface area (Å²) < 4.78 is 0. The zero-order valence-corrected chi connectivity index (χ0v) is 13.9. The van der Waals surface area contributed by atoms with Crippen LogP contribution >= 0.6 is 23.1 Å². The number of carbonyl (C=O) groups excluding carboxylic acids is 1. The summed E-state index contributed by atoms with van der Waals surface area (Å²) >= 11 is 3.20. The number of thioether (sulfide) groups is 1. The Labute approximate surface area is 128 Å². The van der Waals surface area contributed by atoms with Crippen LogP contribution in [-0.4, -0.2) is 39.6 Å². The van der Waals surface area contributed by atoms with Gasteiger partial charge in [0, 0.05) is 18.7 Å². The molecule has 6 heteroatoms. The van der Waals surface area contributed by atoms with E-state index in [1.54, 1.807) is 11.8 Å². The van der Waals surface area contributed by atoms with Gasteiger partial charge in [0.05, 0.1) is 16.3 Å². The summed E-state index contributed by atoms with van der Waals surface area (Å²) in [7, 11) is 0. The average Bonchev–Trinajstić information content (AvgIpc) is 2.93. The Morgan fingerprint density at radius 3 is 2.90 bits per heavy atom. The van der Waals surface area contributed by atoms with Gasteiger partial charge in [0.25, 0.3) is 5.91 Å². The van der Waals surface area contributed by atoms with Gasteiger partial charge in [0.15, 0.2) is 0 Å². The molecule has 2 N–H and O–H groups in total. The van der Waals surface area contributed by atoms with Crippen molar-refractivity contribution >= 4 is 29.0 Å². The molecule has 20 heavy (non-hydrogen) atoms. The molecule has 0 radical (unpaired) electrons. The minimum absolute atomic E-state index is 0.111. The van der Waals surface area contributed by atoms with Gasteiger partial charge < -0.3 is 10.4 Å². The molecule has 1 amide bonds. The summed E-state index contributed by atoms with van der Waals surface area (Å²) in [6, 6.07) is 0. The molecule has 1 aromatic heterocycles. The van der Waals surface area contributed by atoms with E-state index in [0.29, 0.717) is 23.1 Å². The van der Waals surface area contributed by atoms with Crippen LogP contribution in [0.5, 0.6) is 0 Å². The molecule has 1 atom stereocenters. The van der Waals surface area contributed by atoms with Crippen LogP contribution in [0.4, 0.5) is 0 Å². The monoisotopic (exact) mass is 314 g/mol. The lowest BCUT2D eigenvalue weighted by molar-refractivity contribution is 0.0613. The first kappa shape index (κ1) is 15.8. The molecular weight excluding hydrogens is 292 g/mol. The number of amides is 1. The maximum absolute atomic E-state index is 12.2. The second kappa shape index (κ2) is 6.45. The Hall–Kier alpha value is -0.590. The van der Waals surface area contributed by atoms with Crippen LogP contribution in [0.3, 0.4) is 0 Å². The molecule has 1 aliphatic heterocycles. The molecule has 0 saturated carbocycles. The predicted octanol–water partition coefficient (Wildman–Crippen LogP) is 2.25. The number of nitrogens with zero attached hydrogens (tertiary/aromatic N) is 1. The van der Waals surface area contributed by atoms with Crippen molar-refractivity contribution in [1.29, 1.82) is 0 Å². The summed E-state index contributed by atoms with van der Waals surface area (Å²) in [5.74, 6) is 2.09. The van der Waals surface area contributed by atoms with E-state index in [-0.39, 0.29) is 5.91 Å². The van der Waals surface area contributed by atoms with E-state index in [9.17, 15) is 9.90 Å². The standard InChI is InChI=1S/C14H22N2O2S2/c1-9(2)6-11-16-10(3)12(20-11)13(17)15-7-14(18)4-5-19-8-14/h9,18H,4-8H2,1-3H3,(H,15,17). The highest BCUT2D eigenvalue weighted by molar-refractivity contribution is 7.99. The first-order valence-corrected chi connectivity index (χ1v) is 8.91. The van der Waals surface area contributed by atoms with Crippen molar-refractivity contribution in [2.45, 2.75) is 39.2 Å². The van der Waals surface area contributed by atoms with E-state index in [1.807, 2.05) is 6.92 Å². The van der Waals surface area contributed by atoms with Gasteiger partial charge in [-0.1, -0.05) is 13.8 Å². The van der Waals surface area contributed by atoms with Crippen LogP contribution in [0.15, 0.2) is 0 Å². The van der Waals surface area contributed by atoms with Gasteiger partial charge in [-0.25, -0.2) is 4.98 Å². The molecule has 1 saturated heterocycles. The largest absolute Gasteiger partial charge is 0.387 e. The highest BCUT2D eigenvalue weighted by atomic mass is 32.2. The van der Waals surface area contributed by atoms with Crippen molar-refractivity contribution in [3.05, 3.63) is 15.6 Å². The third-order valence-corrected chi connectivity index (χ3v) is 5.70. The minimum atomic E-state index is -0.736. The lowest BCUT2D eigenvalue weighted by Gasteiger charge is -2.21. The lowest BCUT2D eigenvalue weighted by atomic mass is 10.0. The normalized spacial score (nSPS) is 22.4. The van der Waals surface area contributed by atoms with Gasteiger partial charge in [-0.3, -0.25) is 4.79 Å². The molecule has 1 fully saturated rings. The topological polar surface area (TPSA) is 62.2 Å². The Bertz CT molecular complexity index is 480. The van der Waals surface area contributed by atoms with E-state index in [4.69, 9.17) is 0 Å². The van der Waals surface area contributed by atoms with Crippen LogP contribution in [0, 0.1) is 12.8 Å². The van der Waals surface area contributed by atoms with Gasteiger partial charge in [-0.2, -0.15) is 11.8 Å². The van der Waals surface area contributed by atoms with Gasteiger partial charge in [-0.15, -0.1) is 11.3 Å². The van der Waals surface area contributed by atoms with Crippen molar-refractivity contribution < 1.29 is 9.90 Å². The minimum Gasteiger partial charge on any atom is -0.387 e. The number of nitrogens with one attached hydrogen (secondary N) is 1. The number of hydrogen-bond donors (Lipinski definition) is 2. The molecular formula is C14H22N2O2S2. The highest BCUT2D eigenvalue weighted by Gasteiger charge is 2.32. The van der Waals surface area contributed by atoms with E-state index in [2.05, 4.69) is 24.1 Å². The van der Waals surface area contributed by atoms with Crippen LogP contribution in [0.1, 0.15) is 40.6 Å². The fourth-order valence-corrected chi connectivity index (χ4v) is 4.65. The molecule has 4 nitrogen and oxygen atoms in total. The van der Waals surface area contributed by atoms with Gasteiger partial charge >= 0.3 is 0 Å². The molecule has 0 aliphatic carbocycles. The summed E-state index contributed by atoms with van der Waals surface area (Å²) in [5.41, 5.74) is 0.0515. The van der Waals surface area contributed by atoms with Crippen molar-refractivity contribution in [3.8, 4) is 0 Å². The van der Waals surface area contributed by atoms with Crippen molar-refractivity contribution in [2.24, 2.45) is 5.92 Å². The molecule has 2 rings (SSSR count). The fourth-order valence-electron chi connectivity index (χ4n) is 2.16. The SMILES string of the molecule is Cc1nc(CC(C)C)sc1C(=O)NCC1(O)CCSC1. The molecule has 1 aromatic rings. The van der Waals surface area contributed by atoms with Crippen molar-refractivity contribution in [3.63, 3.8) is 0 Å². The van der Waals surface area contributed by atoms with E-state index < -0.39 is 5.60 Å². The molecule has 1 unspecified atom stereocenters. The highest BCUT2D eigenvalue weighted by Crippen LogP contribution is 2.27. The Kier molecular flexibility index (Phi) is 5.09. The molecule has 0 spiro atoms. The quantitative estimate of drug-likeness (QED) is 0.875. The number of aryl methyl sites for hydroxylation is 1. The number of rotatable bonds is 5. The first-order chi connectivity index (χ1) is 9.39. The van der Waals surface area contributed by atoms with Crippen LogP contribution in [-0.2, 0) is 6.42 Å². The summed E-state index contributed by atoms with van der Waals surface area (Å²) in [6.45, 7) is 6.48. The average molecular weight is 314 g/mol. The molecule has 112 valence electrons. The summed E-state index contributed by atoms with van der Waals surface area (Å²) in [6.07, 6.45) is 1.65.